The average Bonchev–Trinajstić information content (AvgIpc) is 3.05. The predicted molar refractivity (Wildman–Crippen MR) is 87.2 cm³/mol. The van der Waals surface area contributed by atoms with Crippen LogP contribution in [0.1, 0.15) is 18.4 Å². The summed E-state index contributed by atoms with van der Waals surface area (Å²) in [6.07, 6.45) is 3.79. The van der Waals surface area contributed by atoms with Gasteiger partial charge in [0, 0.05) is 31.4 Å². The lowest BCUT2D eigenvalue weighted by Gasteiger charge is -2.17. The van der Waals surface area contributed by atoms with Gasteiger partial charge in [-0.05, 0) is 42.4 Å². The number of aliphatic hydroxyl groups is 1. The van der Waals surface area contributed by atoms with E-state index in [1.165, 1.54) is 11.1 Å². The van der Waals surface area contributed by atoms with Gasteiger partial charge in [-0.25, -0.2) is 0 Å². The molecule has 1 aliphatic carbocycles. The van der Waals surface area contributed by atoms with Crippen molar-refractivity contribution in [2.24, 2.45) is 11.8 Å². The van der Waals surface area contributed by atoms with E-state index in [0.29, 0.717) is 11.8 Å². The van der Waals surface area contributed by atoms with Crippen LogP contribution in [-0.2, 0) is 6.54 Å². The fourth-order valence-corrected chi connectivity index (χ4v) is 4.07. The van der Waals surface area contributed by atoms with Gasteiger partial charge in [0.2, 0.25) is 0 Å². The van der Waals surface area contributed by atoms with Gasteiger partial charge < -0.3 is 5.11 Å². The van der Waals surface area contributed by atoms with Gasteiger partial charge in [-0.15, -0.1) is 0 Å². The number of aromatic nitrogens is 1. The molecule has 1 unspecified atom stereocenters. The normalized spacial score (nSPS) is 28.0. The van der Waals surface area contributed by atoms with Crippen LogP contribution >= 0.6 is 0 Å². The van der Waals surface area contributed by atoms with Crippen molar-refractivity contribution in [3.8, 4) is 11.3 Å². The molecule has 1 N–H and O–H groups in total. The largest absolute Gasteiger partial charge is 0.393 e. The maximum absolute atomic E-state index is 9.73. The minimum atomic E-state index is -0.0465. The third kappa shape index (κ3) is 2.79. The molecule has 0 bridgehead atoms. The molecule has 1 aromatic carbocycles. The summed E-state index contributed by atoms with van der Waals surface area (Å²) in [4.78, 5) is 6.93. The Morgan fingerprint density at radius 2 is 1.73 bits per heavy atom. The number of nitrogens with zero attached hydrogens (tertiary/aromatic N) is 2. The Morgan fingerprint density at radius 1 is 1.00 bits per heavy atom. The quantitative estimate of drug-likeness (QED) is 0.945. The molecule has 0 spiro atoms. The molecule has 114 valence electrons. The zero-order valence-corrected chi connectivity index (χ0v) is 12.7. The molecular weight excluding hydrogens is 272 g/mol. The topological polar surface area (TPSA) is 36.4 Å². The van der Waals surface area contributed by atoms with E-state index >= 15 is 0 Å². The molecule has 0 radical (unpaired) electrons. The lowest BCUT2D eigenvalue weighted by molar-refractivity contribution is 0.161. The van der Waals surface area contributed by atoms with Gasteiger partial charge in [-0.2, -0.15) is 0 Å². The SMILES string of the molecule is OC1C[C@@H]2CN(Cc3ccc(-c4ccccn4)cc3)C[C@@H]2C1. The Hall–Kier alpha value is -1.71. The summed E-state index contributed by atoms with van der Waals surface area (Å²) in [5, 5.41) is 9.73. The summed E-state index contributed by atoms with van der Waals surface area (Å²) in [7, 11) is 0. The number of likely N-dealkylation sites (tertiary alicyclic amines) is 1. The first-order chi connectivity index (χ1) is 10.8. The van der Waals surface area contributed by atoms with Crippen LogP contribution in [0.25, 0.3) is 11.3 Å². The van der Waals surface area contributed by atoms with Crippen LogP contribution in [0.15, 0.2) is 48.7 Å². The number of aliphatic hydroxyl groups excluding tert-OH is 1. The standard InChI is InChI=1S/C19H22N2O/c22-18-9-16-12-21(13-17(16)10-18)11-14-4-6-15(7-5-14)19-3-1-2-8-20-19/h1-8,16-18,22H,9-13H2/t16-,17+,18?. The number of benzene rings is 1. The van der Waals surface area contributed by atoms with Crippen LogP contribution in [0.5, 0.6) is 0 Å². The Bertz CT molecular complexity index is 612. The second kappa shape index (κ2) is 5.82. The number of rotatable bonds is 3. The molecular formula is C19H22N2O. The van der Waals surface area contributed by atoms with E-state index in [4.69, 9.17) is 0 Å². The van der Waals surface area contributed by atoms with Crippen molar-refractivity contribution in [1.29, 1.82) is 0 Å². The van der Waals surface area contributed by atoms with Crippen LogP contribution in [-0.4, -0.2) is 34.2 Å². The van der Waals surface area contributed by atoms with Gasteiger partial charge in [0.15, 0.2) is 0 Å². The Morgan fingerprint density at radius 3 is 2.36 bits per heavy atom. The van der Waals surface area contributed by atoms with Crippen molar-refractivity contribution in [2.45, 2.75) is 25.5 Å². The van der Waals surface area contributed by atoms with Crippen LogP contribution in [0.3, 0.4) is 0 Å². The lowest BCUT2D eigenvalue weighted by atomic mass is 10.0. The first-order valence-electron chi connectivity index (χ1n) is 8.19. The van der Waals surface area contributed by atoms with Gasteiger partial charge >= 0.3 is 0 Å². The molecule has 1 aromatic heterocycles. The van der Waals surface area contributed by atoms with E-state index in [0.717, 1.165) is 38.2 Å². The van der Waals surface area contributed by atoms with E-state index in [1.54, 1.807) is 0 Å². The van der Waals surface area contributed by atoms with Crippen LogP contribution in [0.2, 0.25) is 0 Å². The van der Waals surface area contributed by atoms with E-state index in [-0.39, 0.29) is 6.10 Å². The Labute approximate surface area is 131 Å². The summed E-state index contributed by atoms with van der Waals surface area (Å²) >= 11 is 0. The molecule has 0 amide bonds. The highest BCUT2D eigenvalue weighted by molar-refractivity contribution is 5.58. The minimum Gasteiger partial charge on any atom is -0.393 e. The maximum Gasteiger partial charge on any atom is 0.0701 e. The van der Waals surface area contributed by atoms with Crippen molar-refractivity contribution in [3.05, 3.63) is 54.2 Å². The molecule has 3 nitrogen and oxygen atoms in total. The van der Waals surface area contributed by atoms with Crippen molar-refractivity contribution in [3.63, 3.8) is 0 Å². The molecule has 2 fully saturated rings. The molecule has 2 aliphatic rings. The van der Waals surface area contributed by atoms with E-state index in [2.05, 4.69) is 34.1 Å². The van der Waals surface area contributed by atoms with Crippen molar-refractivity contribution in [2.75, 3.05) is 13.1 Å². The monoisotopic (exact) mass is 294 g/mol. The van der Waals surface area contributed by atoms with Gasteiger partial charge in [0.25, 0.3) is 0 Å². The summed E-state index contributed by atoms with van der Waals surface area (Å²) in [5.74, 6) is 1.42. The molecule has 22 heavy (non-hydrogen) atoms. The van der Waals surface area contributed by atoms with E-state index in [1.807, 2.05) is 24.4 Å². The molecule has 2 heterocycles. The third-order valence-electron chi connectivity index (χ3n) is 5.12. The predicted octanol–water partition coefficient (Wildman–Crippen LogP) is 2.95. The van der Waals surface area contributed by atoms with Crippen molar-refractivity contribution < 1.29 is 5.11 Å². The molecule has 3 atom stereocenters. The number of hydrogen-bond donors (Lipinski definition) is 1. The van der Waals surface area contributed by atoms with E-state index < -0.39 is 0 Å². The van der Waals surface area contributed by atoms with Crippen molar-refractivity contribution >= 4 is 0 Å². The van der Waals surface area contributed by atoms with Gasteiger partial charge in [0.1, 0.15) is 0 Å². The number of fused-ring (bicyclic) bond motifs is 1. The maximum atomic E-state index is 9.73. The first kappa shape index (κ1) is 13.9. The van der Waals surface area contributed by atoms with Gasteiger partial charge in [0.05, 0.1) is 11.8 Å². The van der Waals surface area contributed by atoms with Crippen molar-refractivity contribution in [1.82, 2.24) is 9.88 Å². The Kier molecular flexibility index (Phi) is 3.68. The fourth-order valence-electron chi connectivity index (χ4n) is 4.07. The number of pyridine rings is 1. The molecule has 1 saturated carbocycles. The summed E-state index contributed by atoms with van der Waals surface area (Å²) in [5.41, 5.74) is 3.56. The van der Waals surface area contributed by atoms with Gasteiger partial charge in [-0.3, -0.25) is 9.88 Å². The molecule has 3 heteroatoms. The average molecular weight is 294 g/mol. The minimum absolute atomic E-state index is 0.0465. The summed E-state index contributed by atoms with van der Waals surface area (Å²) < 4.78 is 0. The molecule has 4 rings (SSSR count). The summed E-state index contributed by atoms with van der Waals surface area (Å²) in [6.45, 7) is 3.30. The molecule has 1 saturated heterocycles. The third-order valence-corrected chi connectivity index (χ3v) is 5.12. The van der Waals surface area contributed by atoms with E-state index in [9.17, 15) is 5.11 Å². The van der Waals surface area contributed by atoms with Crippen LogP contribution in [0, 0.1) is 11.8 Å². The molecule has 2 aromatic rings. The highest BCUT2D eigenvalue weighted by atomic mass is 16.3. The Balaban J connectivity index is 1.40. The van der Waals surface area contributed by atoms with Crippen LogP contribution < -0.4 is 0 Å². The number of hydrogen-bond acceptors (Lipinski definition) is 3. The second-order valence-electron chi connectivity index (χ2n) is 6.75. The second-order valence-corrected chi connectivity index (χ2v) is 6.75. The highest BCUT2D eigenvalue weighted by Gasteiger charge is 2.39. The van der Waals surface area contributed by atoms with Gasteiger partial charge in [-0.1, -0.05) is 30.3 Å². The molecule has 1 aliphatic heterocycles. The smallest absolute Gasteiger partial charge is 0.0701 e. The zero-order chi connectivity index (χ0) is 14.9. The lowest BCUT2D eigenvalue weighted by Crippen LogP contribution is -2.22. The highest BCUT2D eigenvalue weighted by Crippen LogP contribution is 2.38. The summed E-state index contributed by atoms with van der Waals surface area (Å²) in [6, 6.07) is 14.8. The fraction of sp³-hybridized carbons (Fsp3) is 0.421. The first-order valence-corrected chi connectivity index (χ1v) is 8.19. The zero-order valence-electron chi connectivity index (χ0n) is 12.7. The van der Waals surface area contributed by atoms with Crippen LogP contribution in [0.4, 0.5) is 0 Å².